The van der Waals surface area contributed by atoms with Crippen molar-refractivity contribution < 1.29 is 19.1 Å². The van der Waals surface area contributed by atoms with Crippen LogP contribution in [0.3, 0.4) is 0 Å². The first kappa shape index (κ1) is 18.5. The summed E-state index contributed by atoms with van der Waals surface area (Å²) in [5.74, 6) is 0. The van der Waals surface area contributed by atoms with Crippen LogP contribution in [0.4, 0.5) is 9.59 Å². The van der Waals surface area contributed by atoms with Gasteiger partial charge in [0.2, 0.25) is 0 Å². The molecule has 0 N–H and O–H groups in total. The monoisotopic (exact) mass is 286 g/mol. The molecule has 0 bridgehead atoms. The zero-order valence-electron chi connectivity index (χ0n) is 12.6. The van der Waals surface area contributed by atoms with Gasteiger partial charge in [-0.3, -0.25) is 0 Å². The number of hydrogen-bond donors (Lipinski definition) is 0. The van der Waals surface area contributed by atoms with Crippen LogP contribution < -0.4 is 0 Å². The van der Waals surface area contributed by atoms with Crippen molar-refractivity contribution in [3.8, 4) is 0 Å². The van der Waals surface area contributed by atoms with E-state index in [4.69, 9.17) is 9.47 Å². The lowest BCUT2D eigenvalue weighted by Gasteiger charge is -2.00. The van der Waals surface area contributed by atoms with Crippen LogP contribution >= 0.6 is 0 Å². The van der Waals surface area contributed by atoms with Gasteiger partial charge in [0.15, 0.2) is 0 Å². The number of azo groups is 1. The third-order valence-corrected chi connectivity index (χ3v) is 2.66. The zero-order valence-corrected chi connectivity index (χ0v) is 12.6. The van der Waals surface area contributed by atoms with Gasteiger partial charge in [0, 0.05) is 0 Å². The first-order valence-electron chi connectivity index (χ1n) is 7.46. The van der Waals surface area contributed by atoms with Gasteiger partial charge in [-0.15, -0.1) is 0 Å². The highest BCUT2D eigenvalue weighted by Gasteiger charge is 2.03. The normalized spacial score (nSPS) is 10.7. The van der Waals surface area contributed by atoms with E-state index in [-0.39, 0.29) is 0 Å². The number of ether oxygens (including phenoxy) is 2. The van der Waals surface area contributed by atoms with Crippen LogP contribution in [0.1, 0.15) is 65.2 Å². The lowest BCUT2D eigenvalue weighted by molar-refractivity contribution is 0.143. The molecule has 0 saturated carbocycles. The van der Waals surface area contributed by atoms with Crippen molar-refractivity contribution in [2.75, 3.05) is 13.2 Å². The predicted octanol–water partition coefficient (Wildman–Crippen LogP) is 4.87. The van der Waals surface area contributed by atoms with Crippen LogP contribution in [-0.4, -0.2) is 25.4 Å². The third kappa shape index (κ3) is 13.0. The highest BCUT2D eigenvalue weighted by molar-refractivity contribution is 5.73. The molecule has 2 amide bonds. The molecule has 0 spiro atoms. The number of amides is 2. The first-order chi connectivity index (χ1) is 9.70. The largest absolute Gasteiger partial charge is 0.452 e. The summed E-state index contributed by atoms with van der Waals surface area (Å²) in [7, 11) is 0. The van der Waals surface area contributed by atoms with E-state index in [0.717, 1.165) is 51.4 Å². The molecule has 0 aliphatic carbocycles. The molecule has 0 aromatic carbocycles. The van der Waals surface area contributed by atoms with Crippen molar-refractivity contribution in [3.63, 3.8) is 0 Å². The van der Waals surface area contributed by atoms with E-state index in [1.54, 1.807) is 0 Å². The minimum atomic E-state index is -0.843. The molecule has 0 fully saturated rings. The Morgan fingerprint density at radius 1 is 0.700 bits per heavy atom. The predicted molar refractivity (Wildman–Crippen MR) is 75.8 cm³/mol. The Balaban J connectivity index is 3.54. The Kier molecular flexibility index (Phi) is 12.9. The van der Waals surface area contributed by atoms with E-state index in [1.165, 1.54) is 0 Å². The number of unbranched alkanes of at least 4 members (excludes halogenated alkanes) is 6. The average Bonchev–Trinajstić information content (AvgIpc) is 2.44. The summed E-state index contributed by atoms with van der Waals surface area (Å²) in [6.45, 7) is 4.83. The molecule has 0 aliphatic heterocycles. The number of rotatable bonds is 10. The summed E-state index contributed by atoms with van der Waals surface area (Å²) in [5.41, 5.74) is 0. The van der Waals surface area contributed by atoms with E-state index in [1.807, 2.05) is 0 Å². The highest BCUT2D eigenvalue weighted by Crippen LogP contribution is 2.01. The van der Waals surface area contributed by atoms with E-state index >= 15 is 0 Å². The quantitative estimate of drug-likeness (QED) is 0.424. The van der Waals surface area contributed by atoms with Crippen LogP contribution in [0.15, 0.2) is 10.2 Å². The molecule has 0 unspecified atom stereocenters. The van der Waals surface area contributed by atoms with Crippen molar-refractivity contribution in [2.24, 2.45) is 10.2 Å². The maximum atomic E-state index is 11.1. The Morgan fingerprint density at radius 3 is 1.45 bits per heavy atom. The van der Waals surface area contributed by atoms with Gasteiger partial charge in [-0.2, -0.15) is 0 Å². The molecule has 0 atom stereocenters. The fraction of sp³-hybridized carbons (Fsp3) is 0.857. The first-order valence-corrected chi connectivity index (χ1v) is 7.46. The Hall–Kier alpha value is -1.46. The molecule has 0 aromatic heterocycles. The smallest absolute Gasteiger partial charge is 0.447 e. The molecule has 6 heteroatoms. The van der Waals surface area contributed by atoms with Crippen LogP contribution in [0.2, 0.25) is 0 Å². The molecule has 0 saturated heterocycles. The molecular weight excluding hydrogens is 260 g/mol. The maximum absolute atomic E-state index is 11.1. The minimum absolute atomic E-state index is 0.309. The lowest BCUT2D eigenvalue weighted by atomic mass is 10.2. The van der Waals surface area contributed by atoms with E-state index in [2.05, 4.69) is 24.1 Å². The van der Waals surface area contributed by atoms with Crippen molar-refractivity contribution in [1.29, 1.82) is 0 Å². The van der Waals surface area contributed by atoms with Crippen LogP contribution in [0, 0.1) is 0 Å². The maximum Gasteiger partial charge on any atom is 0.452 e. The van der Waals surface area contributed by atoms with Gasteiger partial charge < -0.3 is 9.47 Å². The molecule has 0 heterocycles. The summed E-state index contributed by atoms with van der Waals surface area (Å²) < 4.78 is 9.58. The number of carbonyl (C=O) groups excluding carboxylic acids is 2. The summed E-state index contributed by atoms with van der Waals surface area (Å²) >= 11 is 0. The summed E-state index contributed by atoms with van der Waals surface area (Å²) in [5, 5.41) is 6.29. The van der Waals surface area contributed by atoms with Crippen LogP contribution in [-0.2, 0) is 9.47 Å². The van der Waals surface area contributed by atoms with Crippen molar-refractivity contribution in [3.05, 3.63) is 0 Å². The molecule has 0 aromatic rings. The molecule has 0 aliphatic rings. The van der Waals surface area contributed by atoms with Crippen molar-refractivity contribution >= 4 is 12.2 Å². The van der Waals surface area contributed by atoms with E-state index in [0.29, 0.717) is 13.2 Å². The lowest BCUT2D eigenvalue weighted by Crippen LogP contribution is -2.03. The zero-order chi connectivity index (χ0) is 15.1. The number of nitrogens with zero attached hydrogens (tertiary/aromatic N) is 2. The standard InChI is InChI=1S/C14H26N2O4/c1-3-5-7-9-11-19-13(17)15-16-14(18)20-12-10-8-6-4-2/h3-12H2,1-2H3. The second-order valence-corrected chi connectivity index (χ2v) is 4.55. The fourth-order valence-electron chi connectivity index (χ4n) is 1.52. The molecule has 116 valence electrons. The van der Waals surface area contributed by atoms with Gasteiger partial charge in [-0.25, -0.2) is 9.59 Å². The molecule has 20 heavy (non-hydrogen) atoms. The Morgan fingerprint density at radius 2 is 1.10 bits per heavy atom. The molecular formula is C14H26N2O4. The number of carbonyl (C=O) groups is 2. The van der Waals surface area contributed by atoms with Gasteiger partial charge in [-0.05, 0) is 12.8 Å². The molecule has 0 rings (SSSR count). The topological polar surface area (TPSA) is 77.3 Å². The minimum Gasteiger partial charge on any atom is -0.447 e. The van der Waals surface area contributed by atoms with Gasteiger partial charge >= 0.3 is 12.2 Å². The number of hydrogen-bond acceptors (Lipinski definition) is 4. The third-order valence-electron chi connectivity index (χ3n) is 2.66. The Labute approximate surface area is 120 Å². The average molecular weight is 286 g/mol. The summed E-state index contributed by atoms with van der Waals surface area (Å²) in [6, 6.07) is 0. The molecule has 0 radical (unpaired) electrons. The SMILES string of the molecule is CCCCCCOC(=O)N=NC(=O)OCCCCCC. The second-order valence-electron chi connectivity index (χ2n) is 4.55. The van der Waals surface area contributed by atoms with Gasteiger partial charge in [0.25, 0.3) is 0 Å². The van der Waals surface area contributed by atoms with Crippen molar-refractivity contribution in [2.45, 2.75) is 65.2 Å². The van der Waals surface area contributed by atoms with Crippen LogP contribution in [0.5, 0.6) is 0 Å². The summed E-state index contributed by atoms with van der Waals surface area (Å²) in [6.07, 6.45) is 6.42. The van der Waals surface area contributed by atoms with E-state index in [9.17, 15) is 9.59 Å². The fourth-order valence-corrected chi connectivity index (χ4v) is 1.52. The van der Waals surface area contributed by atoms with Gasteiger partial charge in [-0.1, -0.05) is 62.6 Å². The molecule has 6 nitrogen and oxygen atoms in total. The van der Waals surface area contributed by atoms with Gasteiger partial charge in [0.1, 0.15) is 0 Å². The highest BCUT2D eigenvalue weighted by atomic mass is 16.6. The second kappa shape index (κ2) is 14.0. The van der Waals surface area contributed by atoms with E-state index < -0.39 is 12.2 Å². The van der Waals surface area contributed by atoms with Gasteiger partial charge in [0.05, 0.1) is 13.2 Å². The Bertz CT molecular complexity index is 265. The summed E-state index contributed by atoms with van der Waals surface area (Å²) in [4.78, 5) is 22.2. The van der Waals surface area contributed by atoms with Crippen LogP contribution in [0.25, 0.3) is 0 Å². The van der Waals surface area contributed by atoms with Crippen molar-refractivity contribution in [1.82, 2.24) is 0 Å².